The minimum Gasteiger partial charge on any atom is -0.309 e. The Hall–Kier alpha value is -6.52. The lowest BCUT2D eigenvalue weighted by molar-refractivity contribution is 1.18. The van der Waals surface area contributed by atoms with Crippen LogP contribution in [0.4, 0.5) is 0 Å². The van der Waals surface area contributed by atoms with E-state index in [1.807, 2.05) is 18.2 Å². The van der Waals surface area contributed by atoms with Gasteiger partial charge in [0.05, 0.1) is 33.1 Å². The Morgan fingerprint density at radius 1 is 0.375 bits per heavy atom. The van der Waals surface area contributed by atoms with Gasteiger partial charge in [0.25, 0.3) is 0 Å². The summed E-state index contributed by atoms with van der Waals surface area (Å²) in [6, 6.07) is 56.6. The Morgan fingerprint density at radius 3 is 1.73 bits per heavy atom. The molecule has 4 heteroatoms. The maximum atomic E-state index is 5.21. The van der Waals surface area contributed by atoms with Gasteiger partial charge in [0.15, 0.2) is 5.65 Å². The molecule has 11 aromatic rings. The third-order valence-electron chi connectivity index (χ3n) is 9.99. The fraction of sp³-hybridized carbons (Fsp3) is 0. The summed E-state index contributed by atoms with van der Waals surface area (Å²) in [7, 11) is 0. The summed E-state index contributed by atoms with van der Waals surface area (Å²) in [6.45, 7) is 0. The highest BCUT2D eigenvalue weighted by atomic mass is 15.0. The van der Waals surface area contributed by atoms with Crippen LogP contribution in [0.3, 0.4) is 0 Å². The molecule has 0 saturated heterocycles. The van der Waals surface area contributed by atoms with E-state index in [2.05, 4.69) is 148 Å². The first-order valence-electron chi connectivity index (χ1n) is 16.3. The van der Waals surface area contributed by atoms with Gasteiger partial charge >= 0.3 is 0 Å². The zero-order valence-corrected chi connectivity index (χ0v) is 25.8. The van der Waals surface area contributed by atoms with E-state index in [4.69, 9.17) is 9.97 Å². The van der Waals surface area contributed by atoms with Crippen LogP contribution in [0, 0.1) is 0 Å². The second-order valence-electron chi connectivity index (χ2n) is 12.7. The minimum atomic E-state index is 0.898. The molecule has 11 rings (SSSR count). The molecule has 48 heavy (non-hydrogen) atoms. The molecule has 0 unspecified atom stereocenters. The van der Waals surface area contributed by atoms with E-state index in [0.717, 1.165) is 44.3 Å². The zero-order valence-electron chi connectivity index (χ0n) is 25.8. The first kappa shape index (κ1) is 25.6. The second-order valence-corrected chi connectivity index (χ2v) is 12.7. The molecule has 0 aliphatic carbocycles. The normalized spacial score (nSPS) is 12.2. The summed E-state index contributed by atoms with van der Waals surface area (Å²) in [5.41, 5.74) is 14.2. The molecule has 0 spiro atoms. The lowest BCUT2D eigenvalue weighted by Gasteiger charge is -2.14. The Labute approximate surface area is 275 Å². The van der Waals surface area contributed by atoms with Gasteiger partial charge in [0.1, 0.15) is 5.52 Å². The van der Waals surface area contributed by atoms with Gasteiger partial charge in [-0.1, -0.05) is 109 Å². The van der Waals surface area contributed by atoms with E-state index in [9.17, 15) is 0 Å². The first-order valence-corrected chi connectivity index (χ1v) is 16.3. The van der Waals surface area contributed by atoms with Crippen LogP contribution in [0.2, 0.25) is 0 Å². The van der Waals surface area contributed by atoms with Crippen LogP contribution in [-0.4, -0.2) is 18.9 Å². The number of rotatable bonds is 3. The van der Waals surface area contributed by atoms with E-state index in [0.29, 0.717) is 0 Å². The van der Waals surface area contributed by atoms with Crippen LogP contribution in [0.25, 0.3) is 99.1 Å². The van der Waals surface area contributed by atoms with Gasteiger partial charge in [0, 0.05) is 32.6 Å². The molecule has 7 aromatic carbocycles. The molecule has 0 aliphatic rings. The molecule has 4 nitrogen and oxygen atoms in total. The molecule has 0 saturated carbocycles. The van der Waals surface area contributed by atoms with Crippen molar-refractivity contribution in [1.29, 1.82) is 0 Å². The van der Waals surface area contributed by atoms with Crippen LogP contribution in [0.5, 0.6) is 0 Å². The Bertz CT molecular complexity index is 2990. The van der Waals surface area contributed by atoms with Crippen LogP contribution in [0.15, 0.2) is 158 Å². The standard InChI is InChI=1S/C44H26N4/c1-3-12-27(13-4-1)29-22-30(28-14-5-2-6-15-28)24-31(23-29)47-39-21-10-7-16-32(39)35-25-36-33-17-11-18-34-42-44(46-38-20-9-8-19-37(38)45-42)48(43(33)34)41(36)26-40(35)47/h1-26H. The number of hydrogen-bond donors (Lipinski definition) is 0. The van der Waals surface area contributed by atoms with Crippen molar-refractivity contribution < 1.29 is 0 Å². The van der Waals surface area contributed by atoms with Crippen LogP contribution < -0.4 is 0 Å². The van der Waals surface area contributed by atoms with E-state index in [1.54, 1.807) is 0 Å². The number of nitrogens with zero attached hydrogens (tertiary/aromatic N) is 4. The van der Waals surface area contributed by atoms with Crippen LogP contribution in [-0.2, 0) is 0 Å². The molecule has 0 aliphatic heterocycles. The van der Waals surface area contributed by atoms with E-state index >= 15 is 0 Å². The summed E-state index contributed by atoms with van der Waals surface area (Å²) in [4.78, 5) is 10.3. The Balaban J connectivity index is 1.29. The lowest BCUT2D eigenvalue weighted by atomic mass is 9.98. The largest absolute Gasteiger partial charge is 0.309 e. The molecule has 0 amide bonds. The highest BCUT2D eigenvalue weighted by Crippen LogP contribution is 2.43. The smallest absolute Gasteiger partial charge is 0.165 e. The number of aromatic nitrogens is 4. The molecule has 0 N–H and O–H groups in total. The molecule has 0 atom stereocenters. The van der Waals surface area contributed by atoms with Gasteiger partial charge in [-0.05, 0) is 70.8 Å². The molecule has 0 bridgehead atoms. The third kappa shape index (κ3) is 3.49. The maximum Gasteiger partial charge on any atom is 0.165 e. The topological polar surface area (TPSA) is 35.1 Å². The van der Waals surface area contributed by atoms with Gasteiger partial charge in [-0.15, -0.1) is 0 Å². The molecule has 4 aromatic heterocycles. The molecular weight excluding hydrogens is 585 g/mol. The predicted molar refractivity (Wildman–Crippen MR) is 199 cm³/mol. The van der Waals surface area contributed by atoms with E-state index in [-0.39, 0.29) is 0 Å². The van der Waals surface area contributed by atoms with Crippen LogP contribution in [0.1, 0.15) is 0 Å². The van der Waals surface area contributed by atoms with Crippen molar-refractivity contribution in [3.63, 3.8) is 0 Å². The zero-order chi connectivity index (χ0) is 31.3. The highest BCUT2D eigenvalue weighted by Gasteiger charge is 2.22. The van der Waals surface area contributed by atoms with Crippen molar-refractivity contribution in [1.82, 2.24) is 18.9 Å². The quantitative estimate of drug-likeness (QED) is 0.199. The van der Waals surface area contributed by atoms with Crippen molar-refractivity contribution in [3.8, 4) is 27.9 Å². The summed E-state index contributed by atoms with van der Waals surface area (Å²) in [5.74, 6) is 0. The van der Waals surface area contributed by atoms with Crippen LogP contribution >= 0.6 is 0 Å². The van der Waals surface area contributed by atoms with Crippen molar-refractivity contribution in [2.45, 2.75) is 0 Å². The average Bonchev–Trinajstić information content (AvgIpc) is 3.78. The van der Waals surface area contributed by atoms with Gasteiger partial charge in [0.2, 0.25) is 0 Å². The minimum absolute atomic E-state index is 0.898. The van der Waals surface area contributed by atoms with E-state index < -0.39 is 0 Å². The second kappa shape index (κ2) is 9.50. The monoisotopic (exact) mass is 610 g/mol. The SMILES string of the molecule is c1ccc(-c2cc(-c3ccccc3)cc(-n3c4ccccc4c4cc5c6cccc7c8nc9ccccc9nc8n(c5cc43)c67)c2)cc1. The summed E-state index contributed by atoms with van der Waals surface area (Å²) in [5, 5.41) is 6.06. The van der Waals surface area contributed by atoms with Gasteiger partial charge in [-0.25, -0.2) is 9.97 Å². The van der Waals surface area contributed by atoms with Crippen molar-refractivity contribution >= 4 is 71.2 Å². The number of para-hydroxylation sites is 4. The maximum absolute atomic E-state index is 5.21. The summed E-state index contributed by atoms with van der Waals surface area (Å²) >= 11 is 0. The number of hydrogen-bond acceptors (Lipinski definition) is 2. The predicted octanol–water partition coefficient (Wildman–Crippen LogP) is 11.2. The molecule has 0 fully saturated rings. The van der Waals surface area contributed by atoms with Crippen molar-refractivity contribution in [3.05, 3.63) is 158 Å². The highest BCUT2D eigenvalue weighted by molar-refractivity contribution is 6.25. The molecule has 222 valence electrons. The molecule has 0 radical (unpaired) electrons. The third-order valence-corrected chi connectivity index (χ3v) is 9.99. The van der Waals surface area contributed by atoms with Crippen molar-refractivity contribution in [2.75, 3.05) is 0 Å². The average molecular weight is 611 g/mol. The number of benzene rings is 7. The summed E-state index contributed by atoms with van der Waals surface area (Å²) < 4.78 is 4.78. The first-order chi connectivity index (χ1) is 23.8. The van der Waals surface area contributed by atoms with Gasteiger partial charge < -0.3 is 4.57 Å². The number of fused-ring (bicyclic) bond motifs is 10. The van der Waals surface area contributed by atoms with Gasteiger partial charge in [-0.2, -0.15) is 0 Å². The summed E-state index contributed by atoms with van der Waals surface area (Å²) in [6.07, 6.45) is 0. The fourth-order valence-electron chi connectivity index (χ4n) is 7.88. The van der Waals surface area contributed by atoms with Crippen molar-refractivity contribution in [2.24, 2.45) is 0 Å². The van der Waals surface area contributed by atoms with Gasteiger partial charge in [-0.3, -0.25) is 4.40 Å². The Morgan fingerprint density at radius 2 is 0.979 bits per heavy atom. The lowest BCUT2D eigenvalue weighted by Crippen LogP contribution is -1.96. The molecular formula is C44H26N4. The molecule has 4 heterocycles. The fourth-order valence-corrected chi connectivity index (χ4v) is 7.88. The van der Waals surface area contributed by atoms with E-state index in [1.165, 1.54) is 54.8 Å². The Kier molecular flexibility index (Phi) is 5.08.